The van der Waals surface area contributed by atoms with Crippen molar-refractivity contribution in [2.24, 2.45) is 0 Å². The quantitative estimate of drug-likeness (QED) is 0.556. The summed E-state index contributed by atoms with van der Waals surface area (Å²) in [4.78, 5) is 9.27. The molecule has 0 atom stereocenters. The fourth-order valence-electron chi connectivity index (χ4n) is 1.71. The van der Waals surface area contributed by atoms with Gasteiger partial charge in [0.2, 0.25) is 0 Å². The van der Waals surface area contributed by atoms with Crippen LogP contribution in [0.3, 0.4) is 0 Å². The summed E-state index contributed by atoms with van der Waals surface area (Å²) in [6, 6.07) is 8.50. The molecule has 0 saturated carbocycles. The van der Waals surface area contributed by atoms with E-state index in [1.165, 1.54) is 0 Å². The summed E-state index contributed by atoms with van der Waals surface area (Å²) in [7, 11) is 0. The number of nitrogens with zero attached hydrogens (tertiary/aromatic N) is 2. The molecule has 1 aromatic carbocycles. The van der Waals surface area contributed by atoms with Crippen LogP contribution in [-0.2, 0) is 5.41 Å². The Balaban J connectivity index is 2.35. The van der Waals surface area contributed by atoms with Gasteiger partial charge in [-0.2, -0.15) is 8.78 Å². The molecule has 0 aliphatic rings. The molecule has 0 unspecified atom stereocenters. The lowest BCUT2D eigenvalue weighted by atomic mass is 9.95. The van der Waals surface area contributed by atoms with Gasteiger partial charge in [0.15, 0.2) is 0 Å². The number of alkyl halides is 2. The number of halogens is 3. The van der Waals surface area contributed by atoms with Crippen LogP contribution in [0.2, 0.25) is 5.15 Å². The Morgan fingerprint density at radius 2 is 1.71 bits per heavy atom. The topological polar surface area (TPSA) is 25.8 Å². The zero-order chi connectivity index (χ0) is 15.6. The first-order valence-electron chi connectivity index (χ1n) is 6.36. The van der Waals surface area contributed by atoms with Gasteiger partial charge in [0.1, 0.15) is 11.0 Å². The van der Waals surface area contributed by atoms with Crippen molar-refractivity contribution in [3.8, 4) is 11.3 Å². The monoisotopic (exact) mass is 328 g/mol. The summed E-state index contributed by atoms with van der Waals surface area (Å²) in [5.74, 6) is -1.77. The smallest absolute Gasteiger partial charge is 0.232 e. The van der Waals surface area contributed by atoms with E-state index in [1.54, 1.807) is 30.3 Å². The fourth-order valence-corrected chi connectivity index (χ4v) is 2.39. The number of benzene rings is 1. The molecule has 0 amide bonds. The van der Waals surface area contributed by atoms with E-state index in [0.29, 0.717) is 33.3 Å². The second kappa shape index (κ2) is 6.28. The Labute approximate surface area is 132 Å². The van der Waals surface area contributed by atoms with E-state index in [9.17, 15) is 8.78 Å². The third-order valence-electron chi connectivity index (χ3n) is 2.74. The summed E-state index contributed by atoms with van der Waals surface area (Å²) in [6.07, 6.45) is 0. The van der Waals surface area contributed by atoms with Crippen LogP contribution in [0.1, 0.15) is 26.6 Å². The van der Waals surface area contributed by atoms with Gasteiger partial charge in [0, 0.05) is 21.9 Å². The number of thioether (sulfide) groups is 1. The molecule has 6 heteroatoms. The molecule has 2 aromatic rings. The molecule has 0 N–H and O–H groups in total. The standard InChI is InChI=1S/C15H15ClF2N2S/c1-15(2,3)13-19-11(8-12(16)20-13)9-4-6-10(7-5-9)21-14(17)18/h4-8,14H,1-3H3. The lowest BCUT2D eigenvalue weighted by Crippen LogP contribution is -2.16. The molecule has 0 bridgehead atoms. The zero-order valence-electron chi connectivity index (χ0n) is 11.9. The number of hydrogen-bond donors (Lipinski definition) is 0. The van der Waals surface area contributed by atoms with Crippen LogP contribution >= 0.6 is 23.4 Å². The van der Waals surface area contributed by atoms with E-state index in [0.717, 1.165) is 5.56 Å². The molecular weight excluding hydrogens is 314 g/mol. The van der Waals surface area contributed by atoms with E-state index >= 15 is 0 Å². The zero-order valence-corrected chi connectivity index (χ0v) is 13.5. The van der Waals surface area contributed by atoms with Gasteiger partial charge in [-0.05, 0) is 12.1 Å². The normalized spacial score (nSPS) is 12.0. The summed E-state index contributed by atoms with van der Waals surface area (Å²) in [5, 5.41) is 0.371. The van der Waals surface area contributed by atoms with Gasteiger partial charge in [0.05, 0.1) is 5.69 Å². The second-order valence-corrected chi connectivity index (χ2v) is 7.00. The van der Waals surface area contributed by atoms with Crippen molar-refractivity contribution in [1.82, 2.24) is 9.97 Å². The lowest BCUT2D eigenvalue weighted by Gasteiger charge is -2.17. The highest BCUT2D eigenvalue weighted by molar-refractivity contribution is 7.99. The van der Waals surface area contributed by atoms with Crippen LogP contribution in [-0.4, -0.2) is 15.7 Å². The van der Waals surface area contributed by atoms with E-state index in [-0.39, 0.29) is 5.41 Å². The van der Waals surface area contributed by atoms with E-state index in [2.05, 4.69) is 9.97 Å². The average molecular weight is 329 g/mol. The summed E-state index contributed by atoms with van der Waals surface area (Å²) >= 11 is 6.57. The molecule has 0 radical (unpaired) electrons. The number of rotatable bonds is 3. The maximum absolute atomic E-state index is 12.3. The van der Waals surface area contributed by atoms with Crippen molar-refractivity contribution in [1.29, 1.82) is 0 Å². The highest BCUT2D eigenvalue weighted by Gasteiger charge is 2.19. The Morgan fingerprint density at radius 1 is 1.10 bits per heavy atom. The lowest BCUT2D eigenvalue weighted by molar-refractivity contribution is 0.252. The molecule has 0 aliphatic heterocycles. The number of hydrogen-bond acceptors (Lipinski definition) is 3. The Bertz CT molecular complexity index is 625. The molecule has 21 heavy (non-hydrogen) atoms. The van der Waals surface area contributed by atoms with Gasteiger partial charge in [-0.25, -0.2) is 9.97 Å². The van der Waals surface area contributed by atoms with Gasteiger partial charge < -0.3 is 0 Å². The van der Waals surface area contributed by atoms with Crippen LogP contribution in [0.5, 0.6) is 0 Å². The van der Waals surface area contributed by atoms with Gasteiger partial charge in [-0.1, -0.05) is 56.3 Å². The van der Waals surface area contributed by atoms with E-state index < -0.39 is 5.76 Å². The summed E-state index contributed by atoms with van der Waals surface area (Å²) in [6.45, 7) is 6.01. The van der Waals surface area contributed by atoms with Gasteiger partial charge >= 0.3 is 0 Å². The second-order valence-electron chi connectivity index (χ2n) is 5.55. The third kappa shape index (κ3) is 4.38. The maximum atomic E-state index is 12.3. The molecule has 112 valence electrons. The summed E-state index contributed by atoms with van der Waals surface area (Å²) in [5.41, 5.74) is 1.29. The SMILES string of the molecule is CC(C)(C)c1nc(Cl)cc(-c2ccc(SC(F)F)cc2)n1. The molecule has 0 fully saturated rings. The van der Waals surface area contributed by atoms with E-state index in [1.807, 2.05) is 20.8 Å². The minimum Gasteiger partial charge on any atom is -0.232 e. The average Bonchev–Trinajstić information content (AvgIpc) is 2.37. The highest BCUT2D eigenvalue weighted by Crippen LogP contribution is 2.29. The predicted octanol–water partition coefficient (Wildman–Crippen LogP) is 5.41. The van der Waals surface area contributed by atoms with Crippen molar-refractivity contribution >= 4 is 23.4 Å². The summed E-state index contributed by atoms with van der Waals surface area (Å²) < 4.78 is 24.6. The molecule has 0 saturated heterocycles. The number of aromatic nitrogens is 2. The van der Waals surface area contributed by atoms with Crippen LogP contribution < -0.4 is 0 Å². The van der Waals surface area contributed by atoms with Crippen molar-refractivity contribution in [2.45, 2.75) is 36.8 Å². The predicted molar refractivity (Wildman–Crippen MR) is 83.0 cm³/mol. The molecule has 1 heterocycles. The molecule has 2 nitrogen and oxygen atoms in total. The van der Waals surface area contributed by atoms with Crippen LogP contribution in [0.4, 0.5) is 8.78 Å². The highest BCUT2D eigenvalue weighted by atomic mass is 35.5. The first-order chi connectivity index (χ1) is 9.75. The first kappa shape index (κ1) is 16.2. The third-order valence-corrected chi connectivity index (χ3v) is 3.66. The van der Waals surface area contributed by atoms with Crippen LogP contribution in [0, 0.1) is 0 Å². The van der Waals surface area contributed by atoms with Crippen LogP contribution in [0.25, 0.3) is 11.3 Å². The molecule has 0 aliphatic carbocycles. The molecule has 2 rings (SSSR count). The van der Waals surface area contributed by atoms with E-state index in [4.69, 9.17) is 11.6 Å². The first-order valence-corrected chi connectivity index (χ1v) is 7.62. The van der Waals surface area contributed by atoms with Gasteiger partial charge in [-0.15, -0.1) is 0 Å². The van der Waals surface area contributed by atoms with Gasteiger partial charge in [-0.3, -0.25) is 0 Å². The Morgan fingerprint density at radius 3 is 2.24 bits per heavy atom. The largest absolute Gasteiger partial charge is 0.288 e. The van der Waals surface area contributed by atoms with Crippen LogP contribution in [0.15, 0.2) is 35.2 Å². The maximum Gasteiger partial charge on any atom is 0.288 e. The van der Waals surface area contributed by atoms with Crippen molar-refractivity contribution < 1.29 is 8.78 Å². The molecular formula is C15H15ClF2N2S. The van der Waals surface area contributed by atoms with Crippen molar-refractivity contribution in [2.75, 3.05) is 0 Å². The van der Waals surface area contributed by atoms with Crippen molar-refractivity contribution in [3.63, 3.8) is 0 Å². The Hall–Kier alpha value is -1.20. The fraction of sp³-hybridized carbons (Fsp3) is 0.333. The molecule has 0 spiro atoms. The minimum atomic E-state index is -2.42. The van der Waals surface area contributed by atoms with Crippen molar-refractivity contribution in [3.05, 3.63) is 41.3 Å². The minimum absolute atomic E-state index is 0.217. The Kier molecular flexibility index (Phi) is 4.84. The molecule has 1 aromatic heterocycles. The van der Waals surface area contributed by atoms with Gasteiger partial charge in [0.25, 0.3) is 5.76 Å².